The van der Waals surface area contributed by atoms with Crippen molar-refractivity contribution in [3.8, 4) is 0 Å². The summed E-state index contributed by atoms with van der Waals surface area (Å²) in [6.45, 7) is 1.14. The number of amides is 1. The standard InChI is InChI=1S/C18H20BrN3O3S/c19-16-4-1-3-14(11-16)12-21-18(23)15-6-9-22(10-7-15)26(24,25)17-5-2-8-20-13-17/h1-5,8,11,13,15H,6-7,9-10,12H2,(H,21,23). The first-order valence-electron chi connectivity index (χ1n) is 8.39. The molecule has 0 saturated carbocycles. The Bertz CT molecular complexity index is 866. The van der Waals surface area contributed by atoms with E-state index in [0.717, 1.165) is 10.0 Å². The zero-order valence-corrected chi connectivity index (χ0v) is 16.5. The van der Waals surface area contributed by atoms with Crippen LogP contribution in [0, 0.1) is 5.92 Å². The Morgan fingerprint density at radius 1 is 1.23 bits per heavy atom. The molecule has 1 saturated heterocycles. The first-order chi connectivity index (χ1) is 12.5. The fraction of sp³-hybridized carbons (Fsp3) is 0.333. The van der Waals surface area contributed by atoms with E-state index in [1.54, 1.807) is 18.3 Å². The first-order valence-corrected chi connectivity index (χ1v) is 10.6. The van der Waals surface area contributed by atoms with Gasteiger partial charge in [-0.1, -0.05) is 28.1 Å². The molecule has 0 bridgehead atoms. The van der Waals surface area contributed by atoms with E-state index in [0.29, 0.717) is 32.5 Å². The van der Waals surface area contributed by atoms with E-state index >= 15 is 0 Å². The molecule has 1 aliphatic rings. The van der Waals surface area contributed by atoms with E-state index in [9.17, 15) is 13.2 Å². The number of carbonyl (C=O) groups is 1. The highest BCUT2D eigenvalue weighted by Crippen LogP contribution is 2.23. The van der Waals surface area contributed by atoms with Crippen LogP contribution in [0.1, 0.15) is 18.4 Å². The molecule has 138 valence electrons. The van der Waals surface area contributed by atoms with Gasteiger partial charge in [-0.25, -0.2) is 8.42 Å². The minimum atomic E-state index is -3.54. The molecule has 0 aliphatic carbocycles. The largest absolute Gasteiger partial charge is 0.352 e. The van der Waals surface area contributed by atoms with E-state index in [4.69, 9.17) is 0 Å². The van der Waals surface area contributed by atoms with Crippen LogP contribution in [0.4, 0.5) is 0 Å². The quantitative estimate of drug-likeness (QED) is 0.779. The van der Waals surface area contributed by atoms with E-state index in [1.165, 1.54) is 10.5 Å². The normalized spacial score (nSPS) is 16.3. The zero-order chi connectivity index (χ0) is 18.6. The number of hydrogen-bond donors (Lipinski definition) is 1. The summed E-state index contributed by atoms with van der Waals surface area (Å²) in [5.41, 5.74) is 1.02. The number of sulfonamides is 1. The average Bonchev–Trinajstić information content (AvgIpc) is 2.67. The van der Waals surface area contributed by atoms with Crippen LogP contribution < -0.4 is 5.32 Å². The highest BCUT2D eigenvalue weighted by atomic mass is 79.9. The van der Waals surface area contributed by atoms with Crippen molar-refractivity contribution in [1.29, 1.82) is 0 Å². The molecule has 1 aliphatic heterocycles. The summed E-state index contributed by atoms with van der Waals surface area (Å²) in [4.78, 5) is 16.4. The van der Waals surface area contributed by atoms with Crippen molar-refractivity contribution in [2.45, 2.75) is 24.3 Å². The molecular formula is C18H20BrN3O3S. The zero-order valence-electron chi connectivity index (χ0n) is 14.1. The lowest BCUT2D eigenvalue weighted by Crippen LogP contribution is -2.42. The van der Waals surface area contributed by atoms with Crippen LogP contribution in [0.5, 0.6) is 0 Å². The molecule has 0 unspecified atom stereocenters. The Morgan fingerprint density at radius 3 is 2.65 bits per heavy atom. The van der Waals surface area contributed by atoms with E-state index in [2.05, 4.69) is 26.2 Å². The molecule has 2 aromatic rings. The molecule has 1 aromatic carbocycles. The van der Waals surface area contributed by atoms with Gasteiger partial charge in [0.25, 0.3) is 0 Å². The predicted octanol–water partition coefficient (Wildman–Crippen LogP) is 2.56. The lowest BCUT2D eigenvalue weighted by Gasteiger charge is -2.30. The van der Waals surface area contributed by atoms with Crippen molar-refractivity contribution in [2.75, 3.05) is 13.1 Å². The second-order valence-electron chi connectivity index (χ2n) is 6.21. The minimum Gasteiger partial charge on any atom is -0.352 e. The van der Waals surface area contributed by atoms with Crippen molar-refractivity contribution >= 4 is 31.9 Å². The number of pyridine rings is 1. The monoisotopic (exact) mass is 437 g/mol. The number of halogens is 1. The number of nitrogens with one attached hydrogen (secondary N) is 1. The lowest BCUT2D eigenvalue weighted by atomic mass is 9.97. The lowest BCUT2D eigenvalue weighted by molar-refractivity contribution is -0.126. The molecule has 6 nitrogen and oxygen atoms in total. The van der Waals surface area contributed by atoms with Crippen LogP contribution in [0.25, 0.3) is 0 Å². The first kappa shape index (κ1) is 19.0. The third-order valence-electron chi connectivity index (χ3n) is 4.45. The van der Waals surface area contributed by atoms with Crippen molar-refractivity contribution in [3.05, 3.63) is 58.8 Å². The summed E-state index contributed by atoms with van der Waals surface area (Å²) in [5, 5.41) is 2.94. The fourth-order valence-electron chi connectivity index (χ4n) is 2.99. The van der Waals surface area contributed by atoms with Crippen LogP contribution in [0.15, 0.2) is 58.2 Å². The van der Waals surface area contributed by atoms with Crippen molar-refractivity contribution in [2.24, 2.45) is 5.92 Å². The Balaban J connectivity index is 1.54. The molecule has 1 aromatic heterocycles. The SMILES string of the molecule is O=C(NCc1cccc(Br)c1)C1CCN(S(=O)(=O)c2cccnc2)CC1. The molecule has 1 fully saturated rings. The van der Waals surface area contributed by atoms with Gasteiger partial charge in [-0.05, 0) is 42.7 Å². The molecule has 26 heavy (non-hydrogen) atoms. The maximum atomic E-state index is 12.6. The third kappa shape index (κ3) is 4.49. The summed E-state index contributed by atoms with van der Waals surface area (Å²) in [7, 11) is -3.54. The van der Waals surface area contributed by atoms with Gasteiger partial charge in [-0.2, -0.15) is 4.31 Å². The summed E-state index contributed by atoms with van der Waals surface area (Å²) in [6.07, 6.45) is 3.93. The molecule has 3 rings (SSSR count). The molecule has 0 radical (unpaired) electrons. The fourth-order valence-corrected chi connectivity index (χ4v) is 4.87. The molecule has 1 N–H and O–H groups in total. The molecule has 8 heteroatoms. The summed E-state index contributed by atoms with van der Waals surface area (Å²) < 4.78 is 27.6. The van der Waals surface area contributed by atoms with E-state index in [1.807, 2.05) is 24.3 Å². The number of piperidine rings is 1. The predicted molar refractivity (Wildman–Crippen MR) is 102 cm³/mol. The third-order valence-corrected chi connectivity index (χ3v) is 6.83. The Labute approximate surface area is 161 Å². The van der Waals surface area contributed by atoms with Crippen molar-refractivity contribution in [3.63, 3.8) is 0 Å². The molecule has 2 heterocycles. The van der Waals surface area contributed by atoms with E-state index in [-0.39, 0.29) is 16.7 Å². The highest BCUT2D eigenvalue weighted by Gasteiger charge is 2.32. The van der Waals surface area contributed by atoms with Gasteiger partial charge < -0.3 is 5.32 Å². The van der Waals surface area contributed by atoms with Gasteiger partial charge in [0.15, 0.2) is 0 Å². The number of carbonyl (C=O) groups excluding carboxylic acids is 1. The average molecular weight is 438 g/mol. The Hall–Kier alpha value is -1.77. The minimum absolute atomic E-state index is 0.0246. The van der Waals surface area contributed by atoms with Gasteiger partial charge in [0.1, 0.15) is 4.90 Å². The molecular weight excluding hydrogens is 418 g/mol. The smallest absolute Gasteiger partial charge is 0.244 e. The maximum absolute atomic E-state index is 12.6. The van der Waals surface area contributed by atoms with Gasteiger partial charge in [-0.3, -0.25) is 9.78 Å². The number of aromatic nitrogens is 1. The van der Waals surface area contributed by atoms with Crippen LogP contribution in [-0.2, 0) is 21.4 Å². The van der Waals surface area contributed by atoms with Gasteiger partial charge in [0, 0.05) is 42.4 Å². The second kappa shape index (κ2) is 8.28. The van der Waals surface area contributed by atoms with Crippen LogP contribution >= 0.6 is 15.9 Å². The number of benzene rings is 1. The van der Waals surface area contributed by atoms with Crippen LogP contribution in [-0.4, -0.2) is 36.7 Å². The highest BCUT2D eigenvalue weighted by molar-refractivity contribution is 9.10. The van der Waals surface area contributed by atoms with Crippen LogP contribution in [0.2, 0.25) is 0 Å². The van der Waals surface area contributed by atoms with Crippen molar-refractivity contribution < 1.29 is 13.2 Å². The van der Waals surface area contributed by atoms with Crippen LogP contribution in [0.3, 0.4) is 0 Å². The van der Waals surface area contributed by atoms with Crippen molar-refractivity contribution in [1.82, 2.24) is 14.6 Å². The molecule has 0 spiro atoms. The summed E-state index contributed by atoms with van der Waals surface area (Å²) in [6, 6.07) is 10.9. The molecule has 1 amide bonds. The summed E-state index contributed by atoms with van der Waals surface area (Å²) in [5.74, 6) is -0.189. The maximum Gasteiger partial charge on any atom is 0.244 e. The number of hydrogen-bond acceptors (Lipinski definition) is 4. The molecule has 0 atom stereocenters. The van der Waals surface area contributed by atoms with Gasteiger partial charge in [0.2, 0.25) is 15.9 Å². The topological polar surface area (TPSA) is 79.4 Å². The second-order valence-corrected chi connectivity index (χ2v) is 9.07. The van der Waals surface area contributed by atoms with Gasteiger partial charge in [0.05, 0.1) is 0 Å². The van der Waals surface area contributed by atoms with Gasteiger partial charge in [-0.15, -0.1) is 0 Å². The number of rotatable bonds is 5. The van der Waals surface area contributed by atoms with Gasteiger partial charge >= 0.3 is 0 Å². The Morgan fingerprint density at radius 2 is 2.00 bits per heavy atom. The summed E-state index contributed by atoms with van der Waals surface area (Å²) >= 11 is 3.41. The number of nitrogens with zero attached hydrogens (tertiary/aromatic N) is 2. The Kier molecular flexibility index (Phi) is 6.05. The van der Waals surface area contributed by atoms with E-state index < -0.39 is 10.0 Å².